The highest BCUT2D eigenvalue weighted by Gasteiger charge is 2.14. The maximum absolute atomic E-state index is 4.45. The van der Waals surface area contributed by atoms with E-state index in [1.54, 1.807) is 4.68 Å². The topological polar surface area (TPSA) is 61.4 Å². The molecule has 6 heteroatoms. The zero-order valence-corrected chi connectivity index (χ0v) is 16.3. The van der Waals surface area contributed by atoms with E-state index in [0.717, 1.165) is 33.5 Å². The summed E-state index contributed by atoms with van der Waals surface area (Å²) in [6.45, 7) is 4.82. The second-order valence-corrected chi connectivity index (χ2v) is 7.30. The van der Waals surface area contributed by atoms with E-state index < -0.39 is 0 Å². The molecule has 0 saturated heterocycles. The number of benzene rings is 3. The second-order valence-electron chi connectivity index (χ2n) is 7.30. The number of aromatic nitrogens is 6. The van der Waals surface area contributed by atoms with E-state index in [1.165, 1.54) is 11.1 Å². The Balaban J connectivity index is 1.56. The highest BCUT2D eigenvalue weighted by Crippen LogP contribution is 2.24. The third-order valence-electron chi connectivity index (χ3n) is 5.01. The summed E-state index contributed by atoms with van der Waals surface area (Å²) in [5.41, 5.74) is 8.07. The third kappa shape index (κ3) is 3.29. The Hall–Kier alpha value is -3.80. The zero-order valence-electron chi connectivity index (χ0n) is 16.3. The Kier molecular flexibility index (Phi) is 4.17. The molecule has 0 N–H and O–H groups in total. The van der Waals surface area contributed by atoms with Gasteiger partial charge in [-0.3, -0.25) is 0 Å². The standard InChI is InChI=1S/C23H20N6/c1-16-8-10-19(11-9-16)20-15-29(26-24-20)22-13-17(2)12-21-23(22)25-27-28(21)14-18-6-4-3-5-7-18/h3-13,15H,14H2,1-2H3. The van der Waals surface area contributed by atoms with Gasteiger partial charge in [0.2, 0.25) is 0 Å². The normalized spacial score (nSPS) is 11.2. The molecule has 0 aliphatic heterocycles. The lowest BCUT2D eigenvalue weighted by Crippen LogP contribution is -2.02. The van der Waals surface area contributed by atoms with Gasteiger partial charge in [-0.1, -0.05) is 70.6 Å². The van der Waals surface area contributed by atoms with Crippen LogP contribution in [0.5, 0.6) is 0 Å². The Bertz CT molecular complexity index is 1280. The lowest BCUT2D eigenvalue weighted by atomic mass is 10.1. The summed E-state index contributed by atoms with van der Waals surface area (Å²) < 4.78 is 3.71. The monoisotopic (exact) mass is 380 g/mol. The van der Waals surface area contributed by atoms with Crippen molar-refractivity contribution in [3.8, 4) is 16.9 Å². The van der Waals surface area contributed by atoms with Gasteiger partial charge in [-0.05, 0) is 37.1 Å². The van der Waals surface area contributed by atoms with Crippen LogP contribution in [0.25, 0.3) is 28.0 Å². The van der Waals surface area contributed by atoms with Crippen LogP contribution in [0.1, 0.15) is 16.7 Å². The predicted octanol–water partition coefficient (Wildman–Crippen LogP) is 4.34. The van der Waals surface area contributed by atoms with Crippen molar-refractivity contribution < 1.29 is 0 Å². The molecule has 2 aromatic heterocycles. The quantitative estimate of drug-likeness (QED) is 0.465. The molecule has 5 rings (SSSR count). The fourth-order valence-electron chi connectivity index (χ4n) is 3.47. The minimum absolute atomic E-state index is 0.673. The van der Waals surface area contributed by atoms with E-state index in [0.29, 0.717) is 6.54 Å². The summed E-state index contributed by atoms with van der Waals surface area (Å²) in [6, 6.07) is 22.7. The Morgan fingerprint density at radius 3 is 2.38 bits per heavy atom. The minimum Gasteiger partial charge on any atom is -0.240 e. The van der Waals surface area contributed by atoms with E-state index in [2.05, 4.69) is 83.0 Å². The molecule has 2 heterocycles. The summed E-state index contributed by atoms with van der Waals surface area (Å²) in [7, 11) is 0. The van der Waals surface area contributed by atoms with Gasteiger partial charge in [0.25, 0.3) is 0 Å². The molecule has 0 spiro atoms. The maximum Gasteiger partial charge on any atom is 0.138 e. The highest BCUT2D eigenvalue weighted by molar-refractivity contribution is 5.84. The summed E-state index contributed by atoms with van der Waals surface area (Å²) >= 11 is 0. The van der Waals surface area contributed by atoms with Crippen LogP contribution in [0.2, 0.25) is 0 Å². The Morgan fingerprint density at radius 1 is 0.793 bits per heavy atom. The average Bonchev–Trinajstić information content (AvgIpc) is 3.37. The average molecular weight is 380 g/mol. The van der Waals surface area contributed by atoms with Gasteiger partial charge < -0.3 is 0 Å². The molecular formula is C23H20N6. The van der Waals surface area contributed by atoms with Crippen molar-refractivity contribution in [3.05, 3.63) is 89.6 Å². The van der Waals surface area contributed by atoms with Crippen molar-refractivity contribution in [1.82, 2.24) is 30.0 Å². The van der Waals surface area contributed by atoms with Crippen LogP contribution in [-0.2, 0) is 6.54 Å². The highest BCUT2D eigenvalue weighted by atomic mass is 15.5. The second kappa shape index (κ2) is 6.98. The molecule has 0 radical (unpaired) electrons. The summed E-state index contributed by atoms with van der Waals surface area (Å²) in [6.07, 6.45) is 1.94. The van der Waals surface area contributed by atoms with Crippen LogP contribution in [0.3, 0.4) is 0 Å². The van der Waals surface area contributed by atoms with Gasteiger partial charge >= 0.3 is 0 Å². The Labute approximate surface area is 168 Å². The van der Waals surface area contributed by atoms with Crippen molar-refractivity contribution in [2.75, 3.05) is 0 Å². The molecule has 6 nitrogen and oxygen atoms in total. The van der Waals surface area contributed by atoms with Crippen molar-refractivity contribution >= 4 is 11.0 Å². The van der Waals surface area contributed by atoms with E-state index >= 15 is 0 Å². The lowest BCUT2D eigenvalue weighted by Gasteiger charge is -2.06. The van der Waals surface area contributed by atoms with Gasteiger partial charge in [-0.15, -0.1) is 10.2 Å². The fraction of sp³-hybridized carbons (Fsp3) is 0.130. The minimum atomic E-state index is 0.673. The molecule has 29 heavy (non-hydrogen) atoms. The number of fused-ring (bicyclic) bond motifs is 1. The van der Waals surface area contributed by atoms with E-state index in [4.69, 9.17) is 0 Å². The fourth-order valence-corrected chi connectivity index (χ4v) is 3.47. The predicted molar refractivity (Wildman–Crippen MR) is 113 cm³/mol. The molecule has 0 bridgehead atoms. The Morgan fingerprint density at radius 2 is 1.59 bits per heavy atom. The molecule has 0 aliphatic carbocycles. The van der Waals surface area contributed by atoms with E-state index in [9.17, 15) is 0 Å². The molecule has 0 saturated carbocycles. The van der Waals surface area contributed by atoms with Crippen LogP contribution in [0.15, 0.2) is 72.9 Å². The van der Waals surface area contributed by atoms with E-state index in [-0.39, 0.29) is 0 Å². The van der Waals surface area contributed by atoms with Crippen LogP contribution in [0.4, 0.5) is 0 Å². The van der Waals surface area contributed by atoms with Gasteiger partial charge in [0.1, 0.15) is 11.2 Å². The van der Waals surface area contributed by atoms with Crippen LogP contribution < -0.4 is 0 Å². The third-order valence-corrected chi connectivity index (χ3v) is 5.01. The number of rotatable bonds is 4. The molecule has 0 fully saturated rings. The van der Waals surface area contributed by atoms with Gasteiger partial charge in [-0.25, -0.2) is 9.36 Å². The molecule has 0 unspecified atom stereocenters. The first kappa shape index (κ1) is 17.3. The largest absolute Gasteiger partial charge is 0.240 e. The lowest BCUT2D eigenvalue weighted by molar-refractivity contribution is 0.669. The first-order valence-corrected chi connectivity index (χ1v) is 9.55. The summed E-state index contributed by atoms with van der Waals surface area (Å²) in [5.74, 6) is 0. The summed E-state index contributed by atoms with van der Waals surface area (Å²) in [4.78, 5) is 0. The van der Waals surface area contributed by atoms with Gasteiger partial charge in [-0.2, -0.15) is 0 Å². The molecule has 0 atom stereocenters. The molecule has 142 valence electrons. The van der Waals surface area contributed by atoms with Crippen LogP contribution in [0, 0.1) is 13.8 Å². The van der Waals surface area contributed by atoms with Crippen LogP contribution in [-0.4, -0.2) is 30.0 Å². The first-order valence-electron chi connectivity index (χ1n) is 9.55. The van der Waals surface area contributed by atoms with Crippen molar-refractivity contribution in [2.24, 2.45) is 0 Å². The van der Waals surface area contributed by atoms with E-state index in [1.807, 2.05) is 29.1 Å². The molecule has 3 aromatic carbocycles. The number of aryl methyl sites for hydroxylation is 2. The molecule has 0 amide bonds. The van der Waals surface area contributed by atoms with Gasteiger partial charge in [0, 0.05) is 5.56 Å². The number of hydrogen-bond acceptors (Lipinski definition) is 4. The smallest absolute Gasteiger partial charge is 0.138 e. The first-order chi connectivity index (χ1) is 14.2. The molecule has 5 aromatic rings. The summed E-state index contributed by atoms with van der Waals surface area (Å²) in [5, 5.41) is 17.6. The van der Waals surface area contributed by atoms with Gasteiger partial charge in [0.15, 0.2) is 0 Å². The zero-order chi connectivity index (χ0) is 19.8. The van der Waals surface area contributed by atoms with Crippen LogP contribution >= 0.6 is 0 Å². The van der Waals surface area contributed by atoms with Crippen molar-refractivity contribution in [3.63, 3.8) is 0 Å². The number of nitrogens with zero attached hydrogens (tertiary/aromatic N) is 6. The SMILES string of the molecule is Cc1ccc(-c2cn(-c3cc(C)cc4c3nnn4Cc3ccccc3)nn2)cc1. The molecular weight excluding hydrogens is 360 g/mol. The maximum atomic E-state index is 4.45. The molecule has 0 aliphatic rings. The number of hydrogen-bond donors (Lipinski definition) is 0. The van der Waals surface area contributed by atoms with Crippen molar-refractivity contribution in [2.45, 2.75) is 20.4 Å². The van der Waals surface area contributed by atoms with Gasteiger partial charge in [0.05, 0.1) is 23.9 Å². The van der Waals surface area contributed by atoms with Crippen molar-refractivity contribution in [1.29, 1.82) is 0 Å².